The van der Waals surface area contributed by atoms with Gasteiger partial charge in [-0.3, -0.25) is 0 Å². The molecule has 0 N–H and O–H groups in total. The molecule has 166 valence electrons. The number of rotatable bonds is 2. The Morgan fingerprint density at radius 1 is 1.10 bits per heavy atom. The van der Waals surface area contributed by atoms with Crippen LogP contribution < -0.4 is 4.90 Å². The summed E-state index contributed by atoms with van der Waals surface area (Å²) in [7, 11) is 1.18. The van der Waals surface area contributed by atoms with Gasteiger partial charge < -0.3 is 19.3 Å². The highest BCUT2D eigenvalue weighted by Gasteiger charge is 2.28. The number of esters is 1. The van der Waals surface area contributed by atoms with Crippen molar-refractivity contribution >= 4 is 29.5 Å². The molecular formula is C20H33ClFN3O4. The number of anilines is 1. The third-order valence-electron chi connectivity index (χ3n) is 3.55. The van der Waals surface area contributed by atoms with E-state index in [4.69, 9.17) is 16.3 Å². The van der Waals surface area contributed by atoms with Crippen LogP contribution in [0.25, 0.3) is 0 Å². The number of carbonyl (C=O) groups is 2. The van der Waals surface area contributed by atoms with Crippen LogP contribution in [0.2, 0.25) is 5.15 Å². The van der Waals surface area contributed by atoms with Crippen molar-refractivity contribution in [2.45, 2.75) is 54.1 Å². The fourth-order valence-electron chi connectivity index (χ4n) is 2.36. The van der Waals surface area contributed by atoms with Gasteiger partial charge in [-0.2, -0.15) is 0 Å². The normalized spacial score (nSPS) is 13.4. The van der Waals surface area contributed by atoms with Crippen molar-refractivity contribution < 1.29 is 23.5 Å². The fourth-order valence-corrected chi connectivity index (χ4v) is 2.57. The van der Waals surface area contributed by atoms with Gasteiger partial charge in [0.1, 0.15) is 16.3 Å². The molecule has 0 unspecified atom stereocenters. The third-order valence-corrected chi connectivity index (χ3v) is 3.84. The van der Waals surface area contributed by atoms with E-state index in [1.165, 1.54) is 7.11 Å². The molecule has 0 saturated carbocycles. The topological polar surface area (TPSA) is 72.0 Å². The average molecular weight is 434 g/mol. The van der Waals surface area contributed by atoms with Gasteiger partial charge in [-0.05, 0) is 26.8 Å². The van der Waals surface area contributed by atoms with Crippen LogP contribution in [0.5, 0.6) is 0 Å². The van der Waals surface area contributed by atoms with Gasteiger partial charge >= 0.3 is 12.1 Å². The number of pyridine rings is 1. The molecule has 0 radical (unpaired) electrons. The first-order valence-corrected chi connectivity index (χ1v) is 10.2. The molecule has 1 fully saturated rings. The number of halogens is 2. The van der Waals surface area contributed by atoms with E-state index in [1.54, 1.807) is 30.6 Å². The lowest BCUT2D eigenvalue weighted by Gasteiger charge is -2.36. The Morgan fingerprint density at radius 3 is 2.07 bits per heavy atom. The summed E-state index contributed by atoms with van der Waals surface area (Å²) in [6.45, 7) is 14.9. The maximum absolute atomic E-state index is 14.3. The van der Waals surface area contributed by atoms with Gasteiger partial charge in [0, 0.05) is 26.2 Å². The molecule has 1 aromatic rings. The zero-order chi connectivity index (χ0) is 22.8. The molecule has 1 aromatic heterocycles. The van der Waals surface area contributed by atoms with E-state index in [-0.39, 0.29) is 16.5 Å². The molecule has 0 spiro atoms. The predicted molar refractivity (Wildman–Crippen MR) is 113 cm³/mol. The average Bonchev–Trinajstić information content (AvgIpc) is 2.70. The molecule has 1 saturated heterocycles. The number of ether oxygens (including phenoxy) is 2. The first-order chi connectivity index (χ1) is 13.6. The van der Waals surface area contributed by atoms with Crippen LogP contribution in [-0.4, -0.2) is 60.8 Å². The maximum atomic E-state index is 14.3. The van der Waals surface area contributed by atoms with E-state index in [1.807, 2.05) is 27.7 Å². The lowest BCUT2D eigenvalue weighted by Crippen LogP contribution is -2.50. The lowest BCUT2D eigenvalue weighted by atomic mass is 10.2. The molecule has 1 aliphatic rings. The zero-order valence-corrected chi connectivity index (χ0v) is 19.4. The first-order valence-electron chi connectivity index (χ1n) is 9.79. The molecule has 0 aliphatic carbocycles. The van der Waals surface area contributed by atoms with E-state index in [0.717, 1.165) is 6.07 Å². The molecule has 0 bridgehead atoms. The van der Waals surface area contributed by atoms with Crippen LogP contribution >= 0.6 is 11.6 Å². The van der Waals surface area contributed by atoms with Gasteiger partial charge in [0.05, 0.1) is 7.11 Å². The van der Waals surface area contributed by atoms with Gasteiger partial charge in [-0.15, -0.1) is 0 Å². The Labute approximate surface area is 178 Å². The zero-order valence-electron chi connectivity index (χ0n) is 18.6. The number of carbonyl (C=O) groups excluding carboxylic acids is 2. The maximum Gasteiger partial charge on any atom is 0.410 e. The molecule has 9 heteroatoms. The minimum Gasteiger partial charge on any atom is -0.465 e. The Morgan fingerprint density at radius 2 is 1.62 bits per heavy atom. The highest BCUT2D eigenvalue weighted by Crippen LogP contribution is 2.25. The first kappa shape index (κ1) is 26.9. The molecule has 29 heavy (non-hydrogen) atoms. The van der Waals surface area contributed by atoms with Crippen LogP contribution in [0.3, 0.4) is 0 Å². The minimum atomic E-state index is -0.752. The molecular weight excluding hydrogens is 401 g/mol. The predicted octanol–water partition coefficient (Wildman–Crippen LogP) is 4.77. The minimum absolute atomic E-state index is 0.0430. The monoisotopic (exact) mass is 433 g/mol. The van der Waals surface area contributed by atoms with E-state index in [2.05, 4.69) is 9.72 Å². The second-order valence-electron chi connectivity index (χ2n) is 6.58. The summed E-state index contributed by atoms with van der Waals surface area (Å²) in [4.78, 5) is 30.8. The van der Waals surface area contributed by atoms with Crippen molar-refractivity contribution in [1.82, 2.24) is 9.88 Å². The second-order valence-corrected chi connectivity index (χ2v) is 6.94. The molecule has 7 nitrogen and oxygen atoms in total. The molecule has 0 atom stereocenters. The second kappa shape index (κ2) is 12.5. The number of nitrogens with zero attached hydrogens (tertiary/aromatic N) is 3. The van der Waals surface area contributed by atoms with Crippen LogP contribution in [0.4, 0.5) is 15.0 Å². The van der Waals surface area contributed by atoms with E-state index in [9.17, 15) is 14.0 Å². The summed E-state index contributed by atoms with van der Waals surface area (Å²) in [5.74, 6) is -1.38. The Kier molecular flexibility index (Phi) is 11.6. The Bertz CT molecular complexity index is 672. The third kappa shape index (κ3) is 8.04. The van der Waals surface area contributed by atoms with Crippen LogP contribution in [0, 0.1) is 5.82 Å². The standard InChI is InChI=1S/C16H21ClFN3O4.2C2H6/c1-16(2,3)25-15(23)21-7-5-20(6-8-21)13-11(18)9-10(12(17)19-13)14(22)24-4;2*1-2/h9H,5-8H2,1-4H3;2*1-2H3. The van der Waals surface area contributed by atoms with E-state index in [0.29, 0.717) is 26.2 Å². The van der Waals surface area contributed by atoms with Crippen molar-refractivity contribution in [3.63, 3.8) is 0 Å². The number of amides is 1. The van der Waals surface area contributed by atoms with Crippen LogP contribution in [0.15, 0.2) is 6.07 Å². The van der Waals surface area contributed by atoms with Gasteiger partial charge in [-0.1, -0.05) is 39.3 Å². The highest BCUT2D eigenvalue weighted by atomic mass is 35.5. The molecule has 1 aliphatic heterocycles. The quantitative estimate of drug-likeness (QED) is 0.494. The van der Waals surface area contributed by atoms with Crippen molar-refractivity contribution in [2.24, 2.45) is 0 Å². The largest absolute Gasteiger partial charge is 0.465 e. The number of piperazine rings is 1. The Hall–Kier alpha value is -2.09. The number of hydrogen-bond donors (Lipinski definition) is 0. The molecule has 2 rings (SSSR count). The Balaban J connectivity index is 0.00000184. The van der Waals surface area contributed by atoms with Crippen LogP contribution in [0.1, 0.15) is 58.8 Å². The summed E-state index contributed by atoms with van der Waals surface area (Å²) in [6.07, 6.45) is -0.403. The summed E-state index contributed by atoms with van der Waals surface area (Å²) in [6, 6.07) is 1.01. The van der Waals surface area contributed by atoms with Gasteiger partial charge in [-0.25, -0.2) is 19.0 Å². The number of hydrogen-bond acceptors (Lipinski definition) is 6. The van der Waals surface area contributed by atoms with E-state index < -0.39 is 23.5 Å². The van der Waals surface area contributed by atoms with Crippen molar-refractivity contribution in [3.05, 3.63) is 22.6 Å². The van der Waals surface area contributed by atoms with Crippen molar-refractivity contribution in [2.75, 3.05) is 38.2 Å². The van der Waals surface area contributed by atoms with Gasteiger partial charge in [0.15, 0.2) is 11.6 Å². The number of aromatic nitrogens is 1. The molecule has 2 heterocycles. The summed E-state index contributed by atoms with van der Waals surface area (Å²) < 4.78 is 24.2. The van der Waals surface area contributed by atoms with Crippen molar-refractivity contribution in [3.8, 4) is 0 Å². The van der Waals surface area contributed by atoms with Crippen molar-refractivity contribution in [1.29, 1.82) is 0 Å². The van der Waals surface area contributed by atoms with Crippen LogP contribution in [-0.2, 0) is 9.47 Å². The fraction of sp³-hybridized carbons (Fsp3) is 0.650. The van der Waals surface area contributed by atoms with Gasteiger partial charge in [0.2, 0.25) is 0 Å². The summed E-state index contributed by atoms with van der Waals surface area (Å²) >= 11 is 5.96. The SMILES string of the molecule is CC.CC.COC(=O)c1cc(F)c(N2CCN(C(=O)OC(C)(C)C)CC2)nc1Cl. The van der Waals surface area contributed by atoms with E-state index >= 15 is 0 Å². The summed E-state index contributed by atoms with van der Waals surface area (Å²) in [5.41, 5.74) is -0.697. The summed E-state index contributed by atoms with van der Waals surface area (Å²) in [5, 5.41) is -0.127. The molecule has 0 aromatic carbocycles. The van der Waals surface area contributed by atoms with Gasteiger partial charge in [0.25, 0.3) is 0 Å². The smallest absolute Gasteiger partial charge is 0.410 e. The number of methoxy groups -OCH3 is 1. The molecule has 1 amide bonds. The highest BCUT2D eigenvalue weighted by molar-refractivity contribution is 6.32. The lowest BCUT2D eigenvalue weighted by molar-refractivity contribution is 0.0240.